The van der Waals surface area contributed by atoms with Crippen LogP contribution >= 0.6 is 0 Å². The second-order valence-electron chi connectivity index (χ2n) is 10.5. The molecule has 2 aliphatic rings. The zero-order valence-corrected chi connectivity index (χ0v) is 20.3. The standard InChI is InChI=1S/C30H40F2O/c1-3-5-6-7-8-9-21-10-11-23-18-24(13-12-22(23)17-21)25-14-15-26-20-28(33-16-4-2)30(32)29(31)27(26)19-25/h4,14-15,19-24H,2-3,5-13,16-18H2,1H3. The van der Waals surface area contributed by atoms with Crippen LogP contribution in [0.5, 0.6) is 5.75 Å². The first-order valence-corrected chi connectivity index (χ1v) is 13.3. The third-order valence-corrected chi connectivity index (χ3v) is 8.28. The van der Waals surface area contributed by atoms with E-state index in [1.165, 1.54) is 83.1 Å². The highest BCUT2D eigenvalue weighted by Gasteiger charge is 2.35. The minimum absolute atomic E-state index is 0.0460. The van der Waals surface area contributed by atoms with Gasteiger partial charge in [-0.3, -0.25) is 0 Å². The minimum Gasteiger partial charge on any atom is -0.486 e. The molecule has 2 aromatic rings. The van der Waals surface area contributed by atoms with Crippen molar-refractivity contribution in [3.63, 3.8) is 0 Å². The molecule has 0 bridgehead atoms. The van der Waals surface area contributed by atoms with Gasteiger partial charge in [0.15, 0.2) is 11.6 Å². The summed E-state index contributed by atoms with van der Waals surface area (Å²) in [5.41, 5.74) is 1.16. The lowest BCUT2D eigenvalue weighted by atomic mass is 9.63. The van der Waals surface area contributed by atoms with E-state index in [-0.39, 0.29) is 12.4 Å². The first-order chi connectivity index (χ1) is 16.1. The van der Waals surface area contributed by atoms with Crippen LogP contribution in [0, 0.1) is 29.4 Å². The molecule has 2 saturated carbocycles. The summed E-state index contributed by atoms with van der Waals surface area (Å²) in [4.78, 5) is 0. The number of hydrogen-bond donors (Lipinski definition) is 0. The number of benzene rings is 2. The van der Waals surface area contributed by atoms with Gasteiger partial charge in [-0.1, -0.05) is 76.7 Å². The summed E-state index contributed by atoms with van der Waals surface area (Å²) < 4.78 is 34.6. The van der Waals surface area contributed by atoms with E-state index < -0.39 is 11.6 Å². The molecule has 0 heterocycles. The van der Waals surface area contributed by atoms with Gasteiger partial charge in [0.2, 0.25) is 5.82 Å². The fraction of sp³-hybridized carbons (Fsp3) is 0.600. The highest BCUT2D eigenvalue weighted by Crippen LogP contribution is 2.48. The molecule has 0 aromatic heterocycles. The Labute approximate surface area is 198 Å². The zero-order chi connectivity index (χ0) is 23.2. The second-order valence-corrected chi connectivity index (χ2v) is 10.5. The molecule has 0 saturated heterocycles. The van der Waals surface area contributed by atoms with Crippen molar-refractivity contribution in [2.75, 3.05) is 6.61 Å². The lowest BCUT2D eigenvalue weighted by molar-refractivity contribution is 0.113. The Morgan fingerprint density at radius 2 is 1.73 bits per heavy atom. The van der Waals surface area contributed by atoms with E-state index >= 15 is 0 Å². The maximum Gasteiger partial charge on any atom is 0.201 e. The monoisotopic (exact) mass is 454 g/mol. The molecule has 0 amide bonds. The minimum atomic E-state index is -0.904. The van der Waals surface area contributed by atoms with E-state index in [0.717, 1.165) is 23.3 Å². The van der Waals surface area contributed by atoms with E-state index in [9.17, 15) is 8.78 Å². The quantitative estimate of drug-likeness (QED) is 0.257. The van der Waals surface area contributed by atoms with E-state index in [1.807, 2.05) is 12.1 Å². The van der Waals surface area contributed by atoms with Crippen molar-refractivity contribution in [3.8, 4) is 5.75 Å². The molecule has 4 rings (SSSR count). The van der Waals surface area contributed by atoms with Crippen LogP contribution in [0.15, 0.2) is 36.9 Å². The Hall–Kier alpha value is -1.90. The number of rotatable bonds is 10. The Bertz CT molecular complexity index is 937. The molecular formula is C30H40F2O. The zero-order valence-electron chi connectivity index (χ0n) is 20.3. The molecule has 2 aliphatic carbocycles. The second kappa shape index (κ2) is 11.5. The normalized spacial score (nSPS) is 25.1. The van der Waals surface area contributed by atoms with Crippen LogP contribution < -0.4 is 4.74 Å². The van der Waals surface area contributed by atoms with Gasteiger partial charge >= 0.3 is 0 Å². The number of halogens is 2. The predicted molar refractivity (Wildman–Crippen MR) is 134 cm³/mol. The Morgan fingerprint density at radius 3 is 2.55 bits per heavy atom. The fourth-order valence-corrected chi connectivity index (χ4v) is 6.42. The summed E-state index contributed by atoms with van der Waals surface area (Å²) in [6, 6.07) is 7.53. The molecule has 0 aliphatic heterocycles. The molecule has 2 fully saturated rings. The highest BCUT2D eigenvalue weighted by atomic mass is 19.2. The van der Waals surface area contributed by atoms with E-state index in [1.54, 1.807) is 6.07 Å². The van der Waals surface area contributed by atoms with Gasteiger partial charge in [0, 0.05) is 5.39 Å². The van der Waals surface area contributed by atoms with Gasteiger partial charge in [-0.05, 0) is 78.9 Å². The van der Waals surface area contributed by atoms with Crippen LogP contribution in [0.1, 0.15) is 95.5 Å². The smallest absolute Gasteiger partial charge is 0.201 e. The van der Waals surface area contributed by atoms with Crippen LogP contribution in [0.4, 0.5) is 8.78 Å². The average molecular weight is 455 g/mol. The van der Waals surface area contributed by atoms with Gasteiger partial charge in [0.25, 0.3) is 0 Å². The van der Waals surface area contributed by atoms with Crippen LogP contribution in [-0.2, 0) is 0 Å². The maximum absolute atomic E-state index is 14.8. The number of ether oxygens (including phenoxy) is 1. The summed E-state index contributed by atoms with van der Waals surface area (Å²) in [6.07, 6.45) is 17.7. The lowest BCUT2D eigenvalue weighted by Gasteiger charge is -2.42. The van der Waals surface area contributed by atoms with Crippen molar-refractivity contribution in [2.45, 2.75) is 89.9 Å². The molecule has 4 atom stereocenters. The molecule has 0 N–H and O–H groups in total. The van der Waals surface area contributed by atoms with Crippen LogP contribution in [-0.4, -0.2) is 6.61 Å². The fourth-order valence-electron chi connectivity index (χ4n) is 6.42. The highest BCUT2D eigenvalue weighted by molar-refractivity contribution is 5.85. The molecule has 3 heteroatoms. The third kappa shape index (κ3) is 5.78. The van der Waals surface area contributed by atoms with Crippen LogP contribution in [0.3, 0.4) is 0 Å². The average Bonchev–Trinajstić information content (AvgIpc) is 2.84. The molecular weight excluding hydrogens is 414 g/mol. The van der Waals surface area contributed by atoms with Gasteiger partial charge in [0.05, 0.1) is 0 Å². The molecule has 33 heavy (non-hydrogen) atoms. The van der Waals surface area contributed by atoms with Gasteiger partial charge in [-0.15, -0.1) is 0 Å². The van der Waals surface area contributed by atoms with Crippen LogP contribution in [0.2, 0.25) is 0 Å². The molecule has 2 aromatic carbocycles. The Morgan fingerprint density at radius 1 is 0.939 bits per heavy atom. The first kappa shape index (κ1) is 24.2. The van der Waals surface area contributed by atoms with Gasteiger partial charge < -0.3 is 4.74 Å². The molecule has 1 nitrogen and oxygen atoms in total. The summed E-state index contributed by atoms with van der Waals surface area (Å²) >= 11 is 0. The first-order valence-electron chi connectivity index (χ1n) is 13.3. The van der Waals surface area contributed by atoms with E-state index in [0.29, 0.717) is 16.7 Å². The Balaban J connectivity index is 1.38. The van der Waals surface area contributed by atoms with E-state index in [4.69, 9.17) is 4.74 Å². The summed E-state index contributed by atoms with van der Waals surface area (Å²) in [6.45, 7) is 6.00. The Kier molecular flexibility index (Phi) is 8.44. The topological polar surface area (TPSA) is 9.23 Å². The SMILES string of the molecule is C=CCOc1cc2ccc(C3CCC4CC(CCCCCCC)CCC4C3)cc2c(F)c1F. The molecule has 0 spiro atoms. The van der Waals surface area contributed by atoms with Crippen molar-refractivity contribution in [3.05, 3.63) is 54.1 Å². The number of fused-ring (bicyclic) bond motifs is 2. The summed E-state index contributed by atoms with van der Waals surface area (Å²) in [5.74, 6) is 1.30. The van der Waals surface area contributed by atoms with Gasteiger partial charge in [-0.2, -0.15) is 4.39 Å². The lowest BCUT2D eigenvalue weighted by Crippen LogP contribution is -2.30. The van der Waals surface area contributed by atoms with Gasteiger partial charge in [0.1, 0.15) is 6.61 Å². The summed E-state index contributed by atoms with van der Waals surface area (Å²) in [7, 11) is 0. The van der Waals surface area contributed by atoms with Crippen molar-refractivity contribution < 1.29 is 13.5 Å². The summed E-state index contributed by atoms with van der Waals surface area (Å²) in [5, 5.41) is 1.05. The number of unbranched alkanes of at least 4 members (excludes halogenated alkanes) is 4. The van der Waals surface area contributed by atoms with E-state index in [2.05, 4.69) is 19.6 Å². The van der Waals surface area contributed by atoms with Crippen molar-refractivity contribution in [1.82, 2.24) is 0 Å². The predicted octanol–water partition coefficient (Wildman–Crippen LogP) is 9.34. The molecule has 4 unspecified atom stereocenters. The number of hydrogen-bond acceptors (Lipinski definition) is 1. The van der Waals surface area contributed by atoms with Crippen molar-refractivity contribution in [2.24, 2.45) is 17.8 Å². The van der Waals surface area contributed by atoms with Crippen molar-refractivity contribution in [1.29, 1.82) is 0 Å². The van der Waals surface area contributed by atoms with Crippen molar-refractivity contribution >= 4 is 10.8 Å². The third-order valence-electron chi connectivity index (χ3n) is 8.28. The largest absolute Gasteiger partial charge is 0.486 e. The molecule has 0 radical (unpaired) electrons. The van der Waals surface area contributed by atoms with Gasteiger partial charge in [-0.25, -0.2) is 4.39 Å². The molecule has 180 valence electrons. The maximum atomic E-state index is 14.8. The van der Waals surface area contributed by atoms with Crippen LogP contribution in [0.25, 0.3) is 10.8 Å².